The summed E-state index contributed by atoms with van der Waals surface area (Å²) in [5, 5.41) is 18.0. The number of benzene rings is 2. The first kappa shape index (κ1) is 18.2. The van der Waals surface area contributed by atoms with Crippen LogP contribution in [-0.4, -0.2) is 30.8 Å². The normalized spacial score (nSPS) is 14.7. The van der Waals surface area contributed by atoms with Crippen LogP contribution in [0, 0.1) is 10.1 Å². The van der Waals surface area contributed by atoms with Gasteiger partial charge in [-0.3, -0.25) is 20.3 Å². The highest BCUT2D eigenvalue weighted by atomic mass is 16.6. The maximum absolute atomic E-state index is 12.0. The first-order valence-corrected chi connectivity index (χ1v) is 8.15. The molecule has 1 heterocycles. The standard InChI is InChI=1S/C18H18N4O5/c1-26-16-9-13-14(7-8-18(23)19-15(13)10-17(16)27-2)21-20-11-3-5-12(6-4-11)22(24)25/h3-6,9-10,20H,7-8H2,1-2H3,(H,19,23)/b21-14+. The van der Waals surface area contributed by atoms with Gasteiger partial charge in [0.05, 0.1) is 36.2 Å². The predicted octanol–water partition coefficient (Wildman–Crippen LogP) is 3.16. The molecule has 0 atom stereocenters. The minimum Gasteiger partial charge on any atom is -0.493 e. The van der Waals surface area contributed by atoms with Gasteiger partial charge in [-0.25, -0.2) is 0 Å². The molecular formula is C18H18N4O5. The summed E-state index contributed by atoms with van der Waals surface area (Å²) in [6.07, 6.45) is 0.703. The highest BCUT2D eigenvalue weighted by Gasteiger charge is 2.21. The Hall–Kier alpha value is -3.62. The van der Waals surface area contributed by atoms with Gasteiger partial charge in [-0.2, -0.15) is 5.10 Å². The van der Waals surface area contributed by atoms with Crippen LogP contribution in [0.25, 0.3) is 0 Å². The molecule has 0 fully saturated rings. The summed E-state index contributed by atoms with van der Waals surface area (Å²) in [4.78, 5) is 22.3. The summed E-state index contributed by atoms with van der Waals surface area (Å²) in [6.45, 7) is 0. The quantitative estimate of drug-likeness (QED) is 0.617. The molecule has 1 aliphatic heterocycles. The Morgan fingerprint density at radius 3 is 2.41 bits per heavy atom. The van der Waals surface area contributed by atoms with E-state index in [4.69, 9.17) is 9.47 Å². The molecule has 0 bridgehead atoms. The van der Waals surface area contributed by atoms with Gasteiger partial charge in [0.2, 0.25) is 5.91 Å². The number of nitro benzene ring substituents is 1. The number of nitro groups is 1. The number of nitrogens with one attached hydrogen (secondary N) is 2. The number of non-ortho nitro benzene ring substituents is 1. The van der Waals surface area contributed by atoms with Gasteiger partial charge >= 0.3 is 0 Å². The fourth-order valence-corrected chi connectivity index (χ4v) is 2.71. The molecule has 0 aliphatic carbocycles. The van der Waals surface area contributed by atoms with Crippen LogP contribution in [0.5, 0.6) is 11.5 Å². The van der Waals surface area contributed by atoms with E-state index in [9.17, 15) is 14.9 Å². The molecule has 140 valence electrons. The number of nitrogens with zero attached hydrogens (tertiary/aromatic N) is 2. The zero-order chi connectivity index (χ0) is 19.4. The number of carbonyl (C=O) groups excluding carboxylic acids is 1. The van der Waals surface area contributed by atoms with Crippen molar-refractivity contribution in [3.63, 3.8) is 0 Å². The summed E-state index contributed by atoms with van der Waals surface area (Å²) in [6, 6.07) is 9.37. The Labute approximate surface area is 155 Å². The lowest BCUT2D eigenvalue weighted by Crippen LogP contribution is -2.09. The molecule has 0 saturated heterocycles. The molecule has 2 aromatic carbocycles. The Kier molecular flexibility index (Phi) is 5.20. The van der Waals surface area contributed by atoms with Crippen molar-refractivity contribution >= 4 is 28.7 Å². The minimum absolute atomic E-state index is 0.000330. The monoisotopic (exact) mass is 370 g/mol. The Bertz CT molecular complexity index is 909. The highest BCUT2D eigenvalue weighted by Crippen LogP contribution is 2.35. The molecule has 9 nitrogen and oxygen atoms in total. The number of fused-ring (bicyclic) bond motifs is 1. The number of ether oxygens (including phenoxy) is 2. The molecule has 0 spiro atoms. The van der Waals surface area contributed by atoms with Crippen molar-refractivity contribution in [3.8, 4) is 11.5 Å². The number of hydrogen-bond acceptors (Lipinski definition) is 7. The summed E-state index contributed by atoms with van der Waals surface area (Å²) in [5.41, 5.74) is 5.43. The van der Waals surface area contributed by atoms with Crippen LogP contribution in [0.15, 0.2) is 41.5 Å². The van der Waals surface area contributed by atoms with Gasteiger partial charge in [0.15, 0.2) is 11.5 Å². The second-order valence-electron chi connectivity index (χ2n) is 5.78. The number of amides is 1. The van der Waals surface area contributed by atoms with Gasteiger partial charge in [-0.1, -0.05) is 0 Å². The van der Waals surface area contributed by atoms with Gasteiger partial charge in [0.1, 0.15) is 0 Å². The Morgan fingerprint density at radius 2 is 1.78 bits per heavy atom. The number of methoxy groups -OCH3 is 2. The third kappa shape index (κ3) is 3.97. The van der Waals surface area contributed by atoms with Crippen LogP contribution in [-0.2, 0) is 4.79 Å². The van der Waals surface area contributed by atoms with Gasteiger partial charge in [0, 0.05) is 36.6 Å². The lowest BCUT2D eigenvalue weighted by atomic mass is 10.0. The molecule has 1 aliphatic rings. The largest absolute Gasteiger partial charge is 0.493 e. The highest BCUT2D eigenvalue weighted by molar-refractivity contribution is 6.12. The molecular weight excluding hydrogens is 352 g/mol. The van der Waals surface area contributed by atoms with Crippen LogP contribution < -0.4 is 20.2 Å². The van der Waals surface area contributed by atoms with E-state index < -0.39 is 4.92 Å². The summed E-state index contributed by atoms with van der Waals surface area (Å²) >= 11 is 0. The maximum Gasteiger partial charge on any atom is 0.269 e. The van der Waals surface area contributed by atoms with Crippen LogP contribution in [0.2, 0.25) is 0 Å². The topological polar surface area (TPSA) is 115 Å². The number of hydrazone groups is 1. The lowest BCUT2D eigenvalue weighted by molar-refractivity contribution is -0.384. The van der Waals surface area contributed by atoms with Crippen molar-refractivity contribution in [1.29, 1.82) is 0 Å². The molecule has 0 unspecified atom stereocenters. The number of carbonyl (C=O) groups is 1. The minimum atomic E-state index is -0.464. The fourth-order valence-electron chi connectivity index (χ4n) is 2.71. The third-order valence-electron chi connectivity index (χ3n) is 4.10. The number of hydrogen-bond donors (Lipinski definition) is 2. The van der Waals surface area contributed by atoms with E-state index in [1.807, 2.05) is 0 Å². The average molecular weight is 370 g/mol. The Morgan fingerprint density at radius 1 is 1.11 bits per heavy atom. The lowest BCUT2D eigenvalue weighted by Gasteiger charge is -2.14. The SMILES string of the molecule is COc1cc2c(cc1OC)/C(=N/Nc1ccc([N+](=O)[O-])cc1)CCC(=O)N2. The van der Waals surface area contributed by atoms with E-state index >= 15 is 0 Å². The second-order valence-corrected chi connectivity index (χ2v) is 5.78. The third-order valence-corrected chi connectivity index (χ3v) is 4.10. The smallest absolute Gasteiger partial charge is 0.269 e. The molecule has 27 heavy (non-hydrogen) atoms. The zero-order valence-corrected chi connectivity index (χ0v) is 14.8. The van der Waals surface area contributed by atoms with Crippen molar-refractivity contribution in [2.75, 3.05) is 25.0 Å². The van der Waals surface area contributed by atoms with Gasteiger partial charge < -0.3 is 14.8 Å². The second kappa shape index (κ2) is 7.73. The number of anilines is 2. The molecule has 0 aromatic heterocycles. The van der Waals surface area contributed by atoms with Crippen molar-refractivity contribution in [3.05, 3.63) is 52.1 Å². The summed E-state index contributed by atoms with van der Waals surface area (Å²) < 4.78 is 10.6. The van der Waals surface area contributed by atoms with Crippen molar-refractivity contribution in [2.45, 2.75) is 12.8 Å². The van der Waals surface area contributed by atoms with Crippen molar-refractivity contribution in [2.24, 2.45) is 5.10 Å². The van der Waals surface area contributed by atoms with E-state index in [0.717, 1.165) is 0 Å². The predicted molar refractivity (Wildman–Crippen MR) is 101 cm³/mol. The average Bonchev–Trinajstić information content (AvgIpc) is 2.83. The van der Waals surface area contributed by atoms with Gasteiger partial charge in [-0.05, 0) is 18.2 Å². The van der Waals surface area contributed by atoms with E-state index in [1.165, 1.54) is 26.4 Å². The van der Waals surface area contributed by atoms with E-state index in [-0.39, 0.29) is 18.0 Å². The molecule has 0 radical (unpaired) electrons. The molecule has 1 amide bonds. The van der Waals surface area contributed by atoms with Crippen molar-refractivity contribution < 1.29 is 19.2 Å². The molecule has 3 rings (SSSR count). The zero-order valence-electron chi connectivity index (χ0n) is 14.8. The first-order valence-electron chi connectivity index (χ1n) is 8.15. The Balaban J connectivity index is 1.94. The first-order chi connectivity index (χ1) is 13.0. The van der Waals surface area contributed by atoms with Gasteiger partial charge in [0.25, 0.3) is 5.69 Å². The van der Waals surface area contributed by atoms with E-state index in [1.54, 1.807) is 24.3 Å². The maximum atomic E-state index is 12.0. The molecule has 0 saturated carbocycles. The summed E-state index contributed by atoms with van der Waals surface area (Å²) in [7, 11) is 3.05. The molecule has 2 N–H and O–H groups in total. The van der Waals surface area contributed by atoms with Crippen LogP contribution >= 0.6 is 0 Å². The van der Waals surface area contributed by atoms with Crippen LogP contribution in [0.4, 0.5) is 17.1 Å². The molecule has 2 aromatic rings. The van der Waals surface area contributed by atoms with E-state index in [0.29, 0.717) is 40.6 Å². The van der Waals surface area contributed by atoms with Crippen LogP contribution in [0.1, 0.15) is 18.4 Å². The fraction of sp³-hybridized carbons (Fsp3) is 0.222. The summed E-state index contributed by atoms with van der Waals surface area (Å²) in [5.74, 6) is 0.903. The molecule has 9 heteroatoms. The van der Waals surface area contributed by atoms with E-state index in [2.05, 4.69) is 15.8 Å². The van der Waals surface area contributed by atoms with Crippen molar-refractivity contribution in [1.82, 2.24) is 0 Å². The van der Waals surface area contributed by atoms with Crippen LogP contribution in [0.3, 0.4) is 0 Å². The van der Waals surface area contributed by atoms with Gasteiger partial charge in [-0.15, -0.1) is 0 Å². The number of rotatable bonds is 5.